The fraction of sp³-hybridized carbons (Fsp3) is 0.250. The Bertz CT molecular complexity index is 895. The number of hydrogen-bond acceptors (Lipinski definition) is 6. The molecule has 2 aromatic carbocycles. The smallest absolute Gasteiger partial charge is 0.246 e. The molecular formula is C20H22N4O3S. The molecule has 0 unspecified atom stereocenters. The molecule has 0 aliphatic heterocycles. The number of aromatic nitrogens is 2. The molecule has 0 bridgehead atoms. The molecule has 146 valence electrons. The molecule has 7 nitrogen and oxygen atoms in total. The summed E-state index contributed by atoms with van der Waals surface area (Å²) in [6.07, 6.45) is 0. The highest BCUT2D eigenvalue weighted by Crippen LogP contribution is 2.20. The van der Waals surface area contributed by atoms with Crippen molar-refractivity contribution in [1.29, 1.82) is 0 Å². The van der Waals surface area contributed by atoms with Crippen LogP contribution in [0.4, 0.5) is 5.69 Å². The third-order valence-corrected chi connectivity index (χ3v) is 3.96. The molecular weight excluding hydrogens is 376 g/mol. The summed E-state index contributed by atoms with van der Waals surface area (Å²) in [5.41, 5.74) is 1.72. The molecule has 0 saturated heterocycles. The average Bonchev–Trinajstić information content (AvgIpc) is 3.18. The largest absolute Gasteiger partial charge is 0.494 e. The fourth-order valence-corrected chi connectivity index (χ4v) is 2.63. The normalized spacial score (nSPS) is 10.4. The van der Waals surface area contributed by atoms with E-state index in [1.54, 1.807) is 0 Å². The summed E-state index contributed by atoms with van der Waals surface area (Å²) >= 11 is 5.30. The molecule has 3 rings (SSSR count). The van der Waals surface area contributed by atoms with Gasteiger partial charge < -0.3 is 24.6 Å². The van der Waals surface area contributed by atoms with E-state index in [2.05, 4.69) is 20.8 Å². The Morgan fingerprint density at radius 3 is 2.18 bits per heavy atom. The van der Waals surface area contributed by atoms with Gasteiger partial charge in [-0.25, -0.2) is 0 Å². The molecule has 0 aliphatic rings. The van der Waals surface area contributed by atoms with Gasteiger partial charge in [0.1, 0.15) is 11.5 Å². The lowest BCUT2D eigenvalue weighted by Crippen LogP contribution is -2.27. The maximum absolute atomic E-state index is 5.43. The molecule has 1 heterocycles. The molecule has 0 amide bonds. The Hall–Kier alpha value is -3.13. The minimum Gasteiger partial charge on any atom is -0.494 e. The van der Waals surface area contributed by atoms with Gasteiger partial charge in [-0.1, -0.05) is 5.16 Å². The topological polar surface area (TPSA) is 81.4 Å². The standard InChI is InChI=1S/C20H22N4O3S/c1-3-25-16-9-5-14(6-10-16)19-23-18(27-24-19)13-21-20(28)22-15-7-11-17(12-8-15)26-4-2/h5-12H,3-4,13H2,1-2H3,(H2,21,22,28). The summed E-state index contributed by atoms with van der Waals surface area (Å²) < 4.78 is 16.1. The number of anilines is 1. The van der Waals surface area contributed by atoms with Crippen molar-refractivity contribution in [2.75, 3.05) is 18.5 Å². The van der Waals surface area contributed by atoms with Crippen molar-refractivity contribution < 1.29 is 14.0 Å². The zero-order valence-corrected chi connectivity index (χ0v) is 16.6. The Morgan fingerprint density at radius 2 is 1.57 bits per heavy atom. The van der Waals surface area contributed by atoms with E-state index in [1.807, 2.05) is 62.4 Å². The first-order valence-corrected chi connectivity index (χ1v) is 9.42. The summed E-state index contributed by atoms with van der Waals surface area (Å²) in [4.78, 5) is 4.38. The first kappa shape index (κ1) is 19.6. The number of thiocarbonyl (C=S) groups is 1. The molecule has 0 saturated carbocycles. The van der Waals surface area contributed by atoms with E-state index < -0.39 is 0 Å². The Morgan fingerprint density at radius 1 is 0.964 bits per heavy atom. The summed E-state index contributed by atoms with van der Waals surface area (Å²) in [6, 6.07) is 15.1. The van der Waals surface area contributed by atoms with Crippen molar-refractivity contribution in [3.05, 3.63) is 54.4 Å². The van der Waals surface area contributed by atoms with Gasteiger partial charge in [-0.05, 0) is 74.6 Å². The fourth-order valence-electron chi connectivity index (χ4n) is 2.44. The molecule has 0 fully saturated rings. The minimum absolute atomic E-state index is 0.326. The molecule has 0 radical (unpaired) electrons. The lowest BCUT2D eigenvalue weighted by molar-refractivity contribution is 0.340. The van der Waals surface area contributed by atoms with E-state index in [0.717, 1.165) is 22.7 Å². The van der Waals surface area contributed by atoms with Crippen LogP contribution in [-0.4, -0.2) is 28.5 Å². The zero-order valence-electron chi connectivity index (χ0n) is 15.8. The summed E-state index contributed by atoms with van der Waals surface area (Å²) in [5.74, 6) is 2.59. The predicted molar refractivity (Wildman–Crippen MR) is 112 cm³/mol. The second kappa shape index (κ2) is 9.70. The van der Waals surface area contributed by atoms with E-state index in [9.17, 15) is 0 Å². The number of rotatable bonds is 8. The quantitative estimate of drug-likeness (QED) is 0.551. The van der Waals surface area contributed by atoms with E-state index in [0.29, 0.717) is 36.6 Å². The van der Waals surface area contributed by atoms with Crippen LogP contribution in [0.15, 0.2) is 53.1 Å². The number of nitrogens with zero attached hydrogens (tertiary/aromatic N) is 2. The maximum Gasteiger partial charge on any atom is 0.246 e. The van der Waals surface area contributed by atoms with Crippen LogP contribution < -0.4 is 20.1 Å². The SMILES string of the molecule is CCOc1ccc(NC(=S)NCc2nc(-c3ccc(OCC)cc3)no2)cc1. The van der Waals surface area contributed by atoms with E-state index in [1.165, 1.54) is 0 Å². The van der Waals surface area contributed by atoms with Gasteiger partial charge in [-0.15, -0.1) is 0 Å². The molecule has 8 heteroatoms. The summed E-state index contributed by atoms with van der Waals surface area (Å²) in [5, 5.41) is 10.6. The third-order valence-electron chi connectivity index (χ3n) is 3.71. The van der Waals surface area contributed by atoms with Gasteiger partial charge in [0.2, 0.25) is 11.7 Å². The van der Waals surface area contributed by atoms with Gasteiger partial charge in [-0.2, -0.15) is 4.98 Å². The Kier molecular flexibility index (Phi) is 6.80. The van der Waals surface area contributed by atoms with Crippen molar-refractivity contribution in [3.63, 3.8) is 0 Å². The minimum atomic E-state index is 0.326. The number of nitrogens with one attached hydrogen (secondary N) is 2. The lowest BCUT2D eigenvalue weighted by atomic mass is 10.2. The Balaban J connectivity index is 1.51. The Labute approximate surface area is 169 Å². The van der Waals surface area contributed by atoms with Crippen LogP contribution in [0, 0.1) is 0 Å². The molecule has 3 aromatic rings. The first-order chi connectivity index (χ1) is 13.7. The van der Waals surface area contributed by atoms with Crippen LogP contribution in [0.2, 0.25) is 0 Å². The maximum atomic E-state index is 5.43. The molecule has 0 spiro atoms. The van der Waals surface area contributed by atoms with Gasteiger partial charge in [0.25, 0.3) is 0 Å². The van der Waals surface area contributed by atoms with E-state index in [-0.39, 0.29) is 0 Å². The number of hydrogen-bond donors (Lipinski definition) is 2. The van der Waals surface area contributed by atoms with Crippen LogP contribution in [0.3, 0.4) is 0 Å². The molecule has 0 aliphatic carbocycles. The lowest BCUT2D eigenvalue weighted by Gasteiger charge is -2.09. The van der Waals surface area contributed by atoms with Crippen molar-refractivity contribution in [1.82, 2.24) is 15.5 Å². The molecule has 2 N–H and O–H groups in total. The van der Waals surface area contributed by atoms with Crippen molar-refractivity contribution >= 4 is 23.0 Å². The molecule has 0 atom stereocenters. The third kappa shape index (κ3) is 5.43. The van der Waals surface area contributed by atoms with Crippen molar-refractivity contribution in [3.8, 4) is 22.9 Å². The average molecular weight is 398 g/mol. The van der Waals surface area contributed by atoms with Gasteiger partial charge in [-0.3, -0.25) is 0 Å². The van der Waals surface area contributed by atoms with Gasteiger partial charge >= 0.3 is 0 Å². The molecule has 1 aromatic heterocycles. The van der Waals surface area contributed by atoms with Crippen LogP contribution in [0.5, 0.6) is 11.5 Å². The first-order valence-electron chi connectivity index (χ1n) is 9.01. The van der Waals surface area contributed by atoms with Crippen LogP contribution in [0.1, 0.15) is 19.7 Å². The van der Waals surface area contributed by atoms with Crippen LogP contribution in [-0.2, 0) is 6.54 Å². The van der Waals surface area contributed by atoms with Crippen LogP contribution in [0.25, 0.3) is 11.4 Å². The highest BCUT2D eigenvalue weighted by atomic mass is 32.1. The second-order valence-electron chi connectivity index (χ2n) is 5.73. The van der Waals surface area contributed by atoms with E-state index in [4.69, 9.17) is 26.2 Å². The summed E-state index contributed by atoms with van der Waals surface area (Å²) in [7, 11) is 0. The van der Waals surface area contributed by atoms with Crippen molar-refractivity contribution in [2.24, 2.45) is 0 Å². The van der Waals surface area contributed by atoms with E-state index >= 15 is 0 Å². The number of benzene rings is 2. The number of ether oxygens (including phenoxy) is 2. The predicted octanol–water partition coefficient (Wildman–Crippen LogP) is 4.02. The second-order valence-corrected chi connectivity index (χ2v) is 6.14. The highest BCUT2D eigenvalue weighted by molar-refractivity contribution is 7.80. The molecule has 28 heavy (non-hydrogen) atoms. The van der Waals surface area contributed by atoms with Gasteiger partial charge in [0, 0.05) is 11.3 Å². The summed E-state index contributed by atoms with van der Waals surface area (Å²) in [6.45, 7) is 5.48. The zero-order chi connectivity index (χ0) is 19.8. The monoisotopic (exact) mass is 398 g/mol. The highest BCUT2D eigenvalue weighted by Gasteiger charge is 2.09. The van der Waals surface area contributed by atoms with Crippen molar-refractivity contribution in [2.45, 2.75) is 20.4 Å². The van der Waals surface area contributed by atoms with Gasteiger partial charge in [0.05, 0.1) is 19.8 Å². The van der Waals surface area contributed by atoms with Gasteiger partial charge in [0.15, 0.2) is 5.11 Å². The van der Waals surface area contributed by atoms with Crippen LogP contribution >= 0.6 is 12.2 Å².